The lowest BCUT2D eigenvalue weighted by molar-refractivity contribution is 0.222. The summed E-state index contributed by atoms with van der Waals surface area (Å²) in [6, 6.07) is 9.15. The number of aromatic nitrogens is 2. The summed E-state index contributed by atoms with van der Waals surface area (Å²) >= 11 is 0. The topological polar surface area (TPSA) is 96.7 Å². The number of anilines is 2. The number of hydrogen-bond acceptors (Lipinski definition) is 8. The number of nitrogens with zero attached hydrogens (tertiary/aromatic N) is 7. The van der Waals surface area contributed by atoms with Gasteiger partial charge in [0.2, 0.25) is 10.0 Å². The van der Waals surface area contributed by atoms with Crippen LogP contribution in [0.3, 0.4) is 0 Å². The molecule has 0 saturated carbocycles. The summed E-state index contributed by atoms with van der Waals surface area (Å²) in [6.45, 7) is 5.35. The third-order valence-electron chi connectivity index (χ3n) is 5.63. The largest absolute Gasteiger partial charge is 0.353 e. The molecule has 0 N–H and O–H groups in total. The van der Waals surface area contributed by atoms with Gasteiger partial charge in [-0.1, -0.05) is 0 Å². The fourth-order valence-electron chi connectivity index (χ4n) is 3.77. The van der Waals surface area contributed by atoms with Crippen molar-refractivity contribution >= 4 is 21.7 Å². The highest BCUT2D eigenvalue weighted by Gasteiger charge is 2.28. The number of sulfonamides is 1. The normalized spacial score (nSPS) is 18.9. The second-order valence-electron chi connectivity index (χ2n) is 7.52. The van der Waals surface area contributed by atoms with Gasteiger partial charge in [-0.2, -0.15) is 9.57 Å². The average Bonchev–Trinajstić information content (AvgIpc) is 2.79. The smallest absolute Gasteiger partial charge is 0.244 e. The Hall–Kier alpha value is -2.74. The maximum atomic E-state index is 12.9. The molecule has 2 aliphatic rings. The Morgan fingerprint density at radius 2 is 1.63 bits per heavy atom. The van der Waals surface area contributed by atoms with Crippen molar-refractivity contribution in [3.05, 3.63) is 42.2 Å². The van der Waals surface area contributed by atoms with Gasteiger partial charge in [0.1, 0.15) is 22.6 Å². The van der Waals surface area contributed by atoms with Gasteiger partial charge in [-0.05, 0) is 31.3 Å². The first-order valence-electron chi connectivity index (χ1n) is 9.99. The van der Waals surface area contributed by atoms with Crippen molar-refractivity contribution in [3.8, 4) is 6.07 Å². The Morgan fingerprint density at radius 1 is 0.933 bits per heavy atom. The molecule has 0 radical (unpaired) electrons. The van der Waals surface area contributed by atoms with Gasteiger partial charge in [-0.3, -0.25) is 0 Å². The second kappa shape index (κ2) is 8.55. The van der Waals surface area contributed by atoms with Gasteiger partial charge < -0.3 is 14.7 Å². The lowest BCUT2D eigenvalue weighted by atomic mass is 10.2. The number of nitriles is 1. The molecule has 2 aromatic heterocycles. The minimum absolute atomic E-state index is 0.238. The summed E-state index contributed by atoms with van der Waals surface area (Å²) in [7, 11) is -1.51. The molecule has 0 amide bonds. The van der Waals surface area contributed by atoms with E-state index in [9.17, 15) is 13.7 Å². The van der Waals surface area contributed by atoms with E-state index in [0.717, 1.165) is 32.0 Å². The predicted octanol–water partition coefficient (Wildman–Crippen LogP) is 0.611. The zero-order valence-corrected chi connectivity index (χ0v) is 17.8. The summed E-state index contributed by atoms with van der Waals surface area (Å²) in [5, 5.41) is 9.29. The van der Waals surface area contributed by atoms with Crippen LogP contribution in [0.4, 0.5) is 11.6 Å². The van der Waals surface area contributed by atoms with Crippen LogP contribution in [-0.4, -0.2) is 87.0 Å². The van der Waals surface area contributed by atoms with Crippen LogP contribution in [0.1, 0.15) is 5.56 Å². The SMILES string of the molecule is CN1CCN(S(=O)(=O)c2ccc(N3CCN(c4ncccc4C#N)CC3)nc2)CC1. The van der Waals surface area contributed by atoms with E-state index in [2.05, 4.69) is 30.7 Å². The maximum Gasteiger partial charge on any atom is 0.244 e. The van der Waals surface area contributed by atoms with Crippen molar-refractivity contribution in [2.45, 2.75) is 4.90 Å². The van der Waals surface area contributed by atoms with E-state index in [1.54, 1.807) is 30.5 Å². The van der Waals surface area contributed by atoms with Crippen molar-refractivity contribution in [1.29, 1.82) is 5.26 Å². The molecule has 0 aromatic carbocycles. The van der Waals surface area contributed by atoms with Gasteiger partial charge in [0.25, 0.3) is 0 Å². The highest BCUT2D eigenvalue weighted by molar-refractivity contribution is 7.89. The molecule has 0 atom stereocenters. The molecule has 0 bridgehead atoms. The first-order valence-corrected chi connectivity index (χ1v) is 11.4. The molecule has 158 valence electrons. The summed E-state index contributed by atoms with van der Waals surface area (Å²) in [5.41, 5.74) is 0.572. The van der Waals surface area contributed by atoms with Gasteiger partial charge in [0, 0.05) is 64.8 Å². The van der Waals surface area contributed by atoms with E-state index in [4.69, 9.17) is 0 Å². The van der Waals surface area contributed by atoms with Gasteiger partial charge in [0.15, 0.2) is 0 Å². The molecule has 4 rings (SSSR count). The van der Waals surface area contributed by atoms with E-state index in [1.807, 2.05) is 7.05 Å². The van der Waals surface area contributed by atoms with Crippen LogP contribution in [0.5, 0.6) is 0 Å². The first kappa shape index (κ1) is 20.5. The summed E-state index contributed by atoms with van der Waals surface area (Å²) in [6.07, 6.45) is 3.16. The number of hydrogen-bond donors (Lipinski definition) is 0. The Labute approximate surface area is 177 Å². The third kappa shape index (κ3) is 4.09. The highest BCUT2D eigenvalue weighted by atomic mass is 32.2. The van der Waals surface area contributed by atoms with E-state index >= 15 is 0 Å². The Balaban J connectivity index is 1.41. The minimum atomic E-state index is -3.51. The predicted molar refractivity (Wildman–Crippen MR) is 114 cm³/mol. The van der Waals surface area contributed by atoms with Gasteiger partial charge >= 0.3 is 0 Å². The van der Waals surface area contributed by atoms with Crippen LogP contribution in [0.2, 0.25) is 0 Å². The monoisotopic (exact) mass is 427 g/mol. The van der Waals surface area contributed by atoms with Gasteiger partial charge in [-0.25, -0.2) is 18.4 Å². The molecule has 0 aliphatic carbocycles. The Bertz CT molecular complexity index is 1020. The molecule has 2 fully saturated rings. The van der Waals surface area contributed by atoms with Crippen molar-refractivity contribution in [2.75, 3.05) is 69.2 Å². The molecule has 2 saturated heterocycles. The number of likely N-dealkylation sites (N-methyl/N-ethyl adjacent to an activating group) is 1. The van der Waals surface area contributed by atoms with Crippen LogP contribution < -0.4 is 9.80 Å². The number of rotatable bonds is 4. The highest BCUT2D eigenvalue weighted by Crippen LogP contribution is 2.22. The zero-order valence-electron chi connectivity index (χ0n) is 17.0. The molecule has 30 heavy (non-hydrogen) atoms. The molecular weight excluding hydrogens is 402 g/mol. The quantitative estimate of drug-likeness (QED) is 0.700. The molecule has 2 aliphatic heterocycles. The molecular formula is C20H25N7O2S. The molecule has 4 heterocycles. The minimum Gasteiger partial charge on any atom is -0.353 e. The standard InChI is InChI=1S/C20H25N7O2S/c1-24-7-13-27(14-8-24)30(28,29)18-4-5-19(23-16-18)25-9-11-26(12-10-25)20-17(15-21)3-2-6-22-20/h2-6,16H,7-14H2,1H3. The number of pyridine rings is 2. The first-order chi connectivity index (χ1) is 14.5. The fraction of sp³-hybridized carbons (Fsp3) is 0.450. The lowest BCUT2D eigenvalue weighted by Gasteiger charge is -2.36. The van der Waals surface area contributed by atoms with Crippen LogP contribution in [0, 0.1) is 11.3 Å². The van der Waals surface area contributed by atoms with Gasteiger partial charge in [-0.15, -0.1) is 0 Å². The third-order valence-corrected chi connectivity index (χ3v) is 7.51. The van der Waals surface area contributed by atoms with Crippen molar-refractivity contribution < 1.29 is 8.42 Å². The molecule has 0 spiro atoms. The Kier molecular flexibility index (Phi) is 5.85. The molecule has 9 nitrogen and oxygen atoms in total. The van der Waals surface area contributed by atoms with E-state index in [-0.39, 0.29) is 4.90 Å². The van der Waals surface area contributed by atoms with Crippen LogP contribution in [0.15, 0.2) is 41.6 Å². The summed E-state index contributed by atoms with van der Waals surface area (Å²) in [5.74, 6) is 1.47. The summed E-state index contributed by atoms with van der Waals surface area (Å²) < 4.78 is 27.2. The average molecular weight is 428 g/mol. The van der Waals surface area contributed by atoms with Crippen LogP contribution in [-0.2, 0) is 10.0 Å². The molecule has 2 aromatic rings. The lowest BCUT2D eigenvalue weighted by Crippen LogP contribution is -2.47. The molecule has 10 heteroatoms. The number of piperazine rings is 2. The van der Waals surface area contributed by atoms with E-state index in [1.165, 1.54) is 10.5 Å². The second-order valence-corrected chi connectivity index (χ2v) is 9.46. The van der Waals surface area contributed by atoms with Crippen LogP contribution in [0.25, 0.3) is 0 Å². The van der Waals surface area contributed by atoms with Crippen LogP contribution >= 0.6 is 0 Å². The van der Waals surface area contributed by atoms with Crippen molar-refractivity contribution in [2.24, 2.45) is 0 Å². The van der Waals surface area contributed by atoms with Crippen molar-refractivity contribution in [3.63, 3.8) is 0 Å². The zero-order chi connectivity index (χ0) is 21.1. The summed E-state index contributed by atoms with van der Waals surface area (Å²) in [4.78, 5) is 15.4. The van der Waals surface area contributed by atoms with Crippen molar-refractivity contribution in [1.82, 2.24) is 19.2 Å². The van der Waals surface area contributed by atoms with E-state index in [0.29, 0.717) is 37.6 Å². The van der Waals surface area contributed by atoms with Gasteiger partial charge in [0.05, 0.1) is 5.56 Å². The van der Waals surface area contributed by atoms with E-state index < -0.39 is 10.0 Å². The Morgan fingerprint density at radius 3 is 2.27 bits per heavy atom. The fourth-order valence-corrected chi connectivity index (χ4v) is 5.14. The molecule has 0 unspecified atom stereocenters. The maximum absolute atomic E-state index is 12.9.